The number of fused-ring (bicyclic) bond motifs is 6. The summed E-state index contributed by atoms with van der Waals surface area (Å²) in [5.41, 5.74) is 3.74. The Hall–Kier alpha value is -6.15. The Balaban J connectivity index is 1.34. The second-order valence-corrected chi connectivity index (χ2v) is 13.7. The Labute approximate surface area is 282 Å². The van der Waals surface area contributed by atoms with E-state index in [0.717, 1.165) is 59.8 Å². The summed E-state index contributed by atoms with van der Waals surface area (Å²) >= 11 is 0. The smallest absolute Gasteiger partial charge is 0.244 e. The normalized spacial score (nSPS) is 15.7. The predicted octanol–water partition coefficient (Wildman–Crippen LogP) is 8.66. The third-order valence-electron chi connectivity index (χ3n) is 10.6. The molecular formula is C41H32N6O2. The number of rotatable bonds is 4. The molecule has 1 aliphatic rings. The van der Waals surface area contributed by atoms with Crippen LogP contribution in [0, 0.1) is 10.8 Å². The number of amides is 2. The largest absolute Gasteiger partial charge is 0.309 e. The van der Waals surface area contributed by atoms with Gasteiger partial charge in [-0.3, -0.25) is 14.2 Å². The zero-order valence-corrected chi connectivity index (χ0v) is 27.5. The van der Waals surface area contributed by atoms with E-state index in [0.29, 0.717) is 11.8 Å². The van der Waals surface area contributed by atoms with Gasteiger partial charge in [-0.15, -0.1) is 0 Å². The van der Waals surface area contributed by atoms with Crippen LogP contribution in [0.4, 0.5) is 5.95 Å². The standard InChI is InChI=1S/C41H32N6O2/c1-40(2)36(48)47(37(49)41(40,3)4)39-43-35(42-38(44-39)46-32-20-12-9-16-27(32)28-17-10-13-21-33(28)46)25-22-23-30-29-18-8-11-19-31(29)45(34(30)24-25)26-14-6-5-7-15-26/h5-24H,1-4H3. The fourth-order valence-electron chi connectivity index (χ4n) is 7.15. The molecule has 8 heteroatoms. The second kappa shape index (κ2) is 10.2. The molecule has 9 rings (SSSR count). The summed E-state index contributed by atoms with van der Waals surface area (Å²) in [6.07, 6.45) is 0. The van der Waals surface area contributed by atoms with Crippen molar-refractivity contribution < 1.29 is 9.59 Å². The number of carbonyl (C=O) groups is 2. The van der Waals surface area contributed by atoms with E-state index in [4.69, 9.17) is 15.0 Å². The van der Waals surface area contributed by atoms with E-state index >= 15 is 0 Å². The minimum atomic E-state index is -0.959. The summed E-state index contributed by atoms with van der Waals surface area (Å²) < 4.78 is 4.23. The van der Waals surface area contributed by atoms with Crippen molar-refractivity contribution in [3.63, 3.8) is 0 Å². The number of carbonyl (C=O) groups excluding carboxylic acids is 2. The average molecular weight is 641 g/mol. The summed E-state index contributed by atoms with van der Waals surface area (Å²) in [6, 6.07) is 41.0. The fraction of sp³-hybridized carbons (Fsp3) is 0.146. The van der Waals surface area contributed by atoms with Gasteiger partial charge in [0, 0.05) is 32.8 Å². The summed E-state index contributed by atoms with van der Waals surface area (Å²) in [4.78, 5) is 44.0. The fourth-order valence-corrected chi connectivity index (χ4v) is 7.15. The molecular weight excluding hydrogens is 608 g/mol. The van der Waals surface area contributed by atoms with Crippen LogP contribution >= 0.6 is 0 Å². The maximum absolute atomic E-state index is 14.0. The lowest BCUT2D eigenvalue weighted by Crippen LogP contribution is -2.35. The third-order valence-corrected chi connectivity index (χ3v) is 10.6. The number of imide groups is 1. The number of hydrogen-bond donors (Lipinski definition) is 0. The Kier molecular flexibility index (Phi) is 6.03. The van der Waals surface area contributed by atoms with Crippen molar-refractivity contribution >= 4 is 61.4 Å². The molecule has 0 radical (unpaired) electrons. The number of aromatic nitrogens is 5. The van der Waals surface area contributed by atoms with Crippen molar-refractivity contribution in [3.8, 4) is 23.0 Å². The van der Waals surface area contributed by atoms with Crippen molar-refractivity contribution in [2.45, 2.75) is 27.7 Å². The first-order chi connectivity index (χ1) is 23.7. The monoisotopic (exact) mass is 640 g/mol. The third kappa shape index (κ3) is 4.00. The number of hydrogen-bond acceptors (Lipinski definition) is 5. The second-order valence-electron chi connectivity index (χ2n) is 13.7. The van der Waals surface area contributed by atoms with Crippen LogP contribution in [0.1, 0.15) is 27.7 Å². The van der Waals surface area contributed by atoms with Crippen molar-refractivity contribution in [2.24, 2.45) is 10.8 Å². The molecule has 3 aromatic heterocycles. The lowest BCUT2D eigenvalue weighted by atomic mass is 9.70. The van der Waals surface area contributed by atoms with Gasteiger partial charge in [-0.05, 0) is 64.1 Å². The van der Waals surface area contributed by atoms with Gasteiger partial charge in [0.1, 0.15) is 0 Å². The molecule has 49 heavy (non-hydrogen) atoms. The summed E-state index contributed by atoms with van der Waals surface area (Å²) in [7, 11) is 0. The lowest BCUT2D eigenvalue weighted by Gasteiger charge is -2.28. The molecule has 8 nitrogen and oxygen atoms in total. The summed E-state index contributed by atoms with van der Waals surface area (Å²) in [6.45, 7) is 7.22. The van der Waals surface area contributed by atoms with Gasteiger partial charge in [0.05, 0.1) is 32.9 Å². The van der Waals surface area contributed by atoms with E-state index in [1.807, 2.05) is 77.4 Å². The quantitative estimate of drug-likeness (QED) is 0.180. The van der Waals surface area contributed by atoms with Crippen LogP contribution < -0.4 is 4.90 Å². The Morgan fingerprint density at radius 3 is 1.51 bits per heavy atom. The SMILES string of the molecule is CC1(C)C(=O)N(c2nc(-c3ccc4c5ccccc5n(-c5ccccc5)c4c3)nc(-n3c4ccccc4c4ccccc43)n2)C(=O)C1(C)C. The van der Waals surface area contributed by atoms with Crippen LogP contribution in [0.15, 0.2) is 121 Å². The van der Waals surface area contributed by atoms with Crippen LogP contribution in [0.2, 0.25) is 0 Å². The van der Waals surface area contributed by atoms with Gasteiger partial charge in [-0.2, -0.15) is 15.0 Å². The van der Waals surface area contributed by atoms with Crippen molar-refractivity contribution in [1.29, 1.82) is 0 Å². The van der Waals surface area contributed by atoms with Crippen molar-refractivity contribution in [1.82, 2.24) is 24.1 Å². The summed E-state index contributed by atoms with van der Waals surface area (Å²) in [5.74, 6) is 0.0140. The van der Waals surface area contributed by atoms with Gasteiger partial charge in [0.2, 0.25) is 23.7 Å². The minimum Gasteiger partial charge on any atom is -0.309 e. The molecule has 1 aliphatic heterocycles. The van der Waals surface area contributed by atoms with E-state index < -0.39 is 10.8 Å². The highest BCUT2D eigenvalue weighted by Crippen LogP contribution is 2.48. The first-order valence-electron chi connectivity index (χ1n) is 16.4. The average Bonchev–Trinajstić information content (AvgIpc) is 3.68. The van der Waals surface area contributed by atoms with Gasteiger partial charge in [-0.25, -0.2) is 4.90 Å². The molecule has 1 fully saturated rings. The van der Waals surface area contributed by atoms with Gasteiger partial charge in [0.15, 0.2) is 5.82 Å². The zero-order chi connectivity index (χ0) is 33.7. The van der Waals surface area contributed by atoms with Crippen molar-refractivity contribution in [2.75, 3.05) is 4.90 Å². The Bertz CT molecular complexity index is 2590. The molecule has 8 aromatic rings. The molecule has 0 saturated carbocycles. The van der Waals surface area contributed by atoms with Gasteiger partial charge in [0.25, 0.3) is 0 Å². The van der Waals surface area contributed by atoms with E-state index in [9.17, 15) is 9.59 Å². The number of benzene rings is 5. The number of nitrogens with zero attached hydrogens (tertiary/aromatic N) is 6. The van der Waals surface area contributed by atoms with Crippen LogP contribution in [0.3, 0.4) is 0 Å². The molecule has 0 spiro atoms. The van der Waals surface area contributed by atoms with Crippen LogP contribution in [-0.2, 0) is 9.59 Å². The molecule has 5 aromatic carbocycles. The van der Waals surface area contributed by atoms with Gasteiger partial charge < -0.3 is 4.57 Å². The molecule has 0 unspecified atom stereocenters. The molecule has 0 aliphatic carbocycles. The zero-order valence-electron chi connectivity index (χ0n) is 27.5. The first kappa shape index (κ1) is 29.0. The molecule has 0 N–H and O–H groups in total. The van der Waals surface area contributed by atoms with E-state index in [1.54, 1.807) is 27.7 Å². The van der Waals surface area contributed by atoms with Crippen LogP contribution in [-0.4, -0.2) is 35.9 Å². The van der Waals surface area contributed by atoms with Gasteiger partial charge >= 0.3 is 0 Å². The highest BCUT2D eigenvalue weighted by Gasteiger charge is 2.60. The molecule has 1 saturated heterocycles. The lowest BCUT2D eigenvalue weighted by molar-refractivity contribution is -0.129. The number of anilines is 1. The Morgan fingerprint density at radius 1 is 0.469 bits per heavy atom. The molecule has 238 valence electrons. The van der Waals surface area contributed by atoms with Crippen LogP contribution in [0.25, 0.3) is 66.6 Å². The highest BCUT2D eigenvalue weighted by atomic mass is 16.2. The van der Waals surface area contributed by atoms with Crippen molar-refractivity contribution in [3.05, 3.63) is 121 Å². The van der Waals surface area contributed by atoms with Gasteiger partial charge in [-0.1, -0.05) is 84.9 Å². The first-order valence-corrected chi connectivity index (χ1v) is 16.4. The molecule has 0 atom stereocenters. The minimum absolute atomic E-state index is 0.0132. The Morgan fingerprint density at radius 2 is 0.939 bits per heavy atom. The highest BCUT2D eigenvalue weighted by molar-refractivity contribution is 6.24. The molecule has 4 heterocycles. The van der Waals surface area contributed by atoms with E-state index in [1.165, 1.54) is 0 Å². The summed E-state index contributed by atoms with van der Waals surface area (Å²) in [5, 5.41) is 4.32. The van der Waals surface area contributed by atoms with E-state index in [-0.39, 0.29) is 17.8 Å². The topological polar surface area (TPSA) is 85.9 Å². The maximum atomic E-state index is 14.0. The number of para-hydroxylation sites is 4. The molecule has 0 bridgehead atoms. The molecule has 2 amide bonds. The predicted molar refractivity (Wildman–Crippen MR) is 194 cm³/mol. The maximum Gasteiger partial charge on any atom is 0.244 e. The van der Waals surface area contributed by atoms with Crippen LogP contribution in [0.5, 0.6) is 0 Å². The van der Waals surface area contributed by atoms with E-state index in [2.05, 4.69) is 53.1 Å².